The minimum atomic E-state index is -0.331. The molecule has 150 valence electrons. The third kappa shape index (κ3) is 2.85. The molecule has 0 unspecified atom stereocenters. The minimum Gasteiger partial charge on any atom is -0.504 e. The number of methoxy groups -OCH3 is 2. The van der Waals surface area contributed by atoms with E-state index in [4.69, 9.17) is 18.9 Å². The van der Waals surface area contributed by atoms with E-state index in [-0.39, 0.29) is 58.5 Å². The molecule has 2 aromatic carbocycles. The molecule has 2 aromatic rings. The first-order valence-electron chi connectivity index (χ1n) is 8.87. The molecule has 0 aromatic heterocycles. The number of fused-ring (bicyclic) bond motifs is 1. The lowest BCUT2D eigenvalue weighted by atomic mass is 9.84. The largest absolute Gasteiger partial charge is 0.504 e. The van der Waals surface area contributed by atoms with E-state index in [1.165, 1.54) is 26.4 Å². The predicted molar refractivity (Wildman–Crippen MR) is 97.0 cm³/mol. The fourth-order valence-corrected chi connectivity index (χ4v) is 4.10. The topological polar surface area (TPSA) is 118 Å². The second kappa shape index (κ2) is 6.96. The van der Waals surface area contributed by atoms with Gasteiger partial charge in [-0.25, -0.2) is 0 Å². The number of phenols is 4. The van der Waals surface area contributed by atoms with Crippen molar-refractivity contribution >= 4 is 0 Å². The van der Waals surface area contributed by atoms with E-state index in [1.54, 1.807) is 12.1 Å². The summed E-state index contributed by atoms with van der Waals surface area (Å²) >= 11 is 0. The molecule has 0 radical (unpaired) electrons. The van der Waals surface area contributed by atoms with Crippen molar-refractivity contribution in [1.82, 2.24) is 0 Å². The van der Waals surface area contributed by atoms with Gasteiger partial charge in [0, 0.05) is 11.8 Å². The van der Waals surface area contributed by atoms with Crippen molar-refractivity contribution < 1.29 is 39.4 Å². The van der Waals surface area contributed by atoms with Crippen LogP contribution in [0, 0.1) is 11.8 Å². The molecule has 2 aliphatic heterocycles. The highest BCUT2D eigenvalue weighted by atomic mass is 16.5. The lowest BCUT2D eigenvalue weighted by molar-refractivity contribution is 0.0190. The van der Waals surface area contributed by atoms with Crippen LogP contribution in [0.15, 0.2) is 24.3 Å². The molecule has 4 N–H and O–H groups in total. The van der Waals surface area contributed by atoms with E-state index >= 15 is 0 Å². The number of phenolic OH excluding ortho intramolecular Hbond substituents is 4. The maximum Gasteiger partial charge on any atom is 0.200 e. The standard InChI is InChI=1S/C20H22O8/c1-25-15-5-9(3-13(21)17(15)23)19-11-7-28-20(12(11)8-27-19)10-4-14(22)18(24)16(6-10)26-2/h3-6,11-12,19-24H,7-8H2,1-2H3/t11-,12-,19+,20+/m0/s1. The number of rotatable bonds is 4. The van der Waals surface area contributed by atoms with Gasteiger partial charge in [0.2, 0.25) is 11.5 Å². The number of ether oxygens (including phenoxy) is 4. The first kappa shape index (κ1) is 18.5. The maximum absolute atomic E-state index is 9.97. The Labute approximate surface area is 161 Å². The summed E-state index contributed by atoms with van der Waals surface area (Å²) in [6, 6.07) is 6.22. The zero-order valence-electron chi connectivity index (χ0n) is 15.5. The highest BCUT2D eigenvalue weighted by molar-refractivity contribution is 5.54. The van der Waals surface area contributed by atoms with Crippen LogP contribution in [-0.4, -0.2) is 47.9 Å². The van der Waals surface area contributed by atoms with Crippen molar-refractivity contribution in [3.8, 4) is 34.5 Å². The summed E-state index contributed by atoms with van der Waals surface area (Å²) < 4.78 is 22.2. The molecule has 2 fully saturated rings. The molecule has 8 heteroatoms. The predicted octanol–water partition coefficient (Wildman–Crippen LogP) is 2.60. The molecule has 28 heavy (non-hydrogen) atoms. The van der Waals surface area contributed by atoms with Crippen LogP contribution in [-0.2, 0) is 9.47 Å². The van der Waals surface area contributed by atoms with E-state index < -0.39 is 0 Å². The number of hydrogen-bond donors (Lipinski definition) is 4. The van der Waals surface area contributed by atoms with Crippen molar-refractivity contribution in [2.75, 3.05) is 27.4 Å². The van der Waals surface area contributed by atoms with Crippen molar-refractivity contribution in [3.05, 3.63) is 35.4 Å². The summed E-state index contributed by atoms with van der Waals surface area (Å²) in [7, 11) is 2.83. The first-order chi connectivity index (χ1) is 13.4. The summed E-state index contributed by atoms with van der Waals surface area (Å²) in [5, 5.41) is 39.6. The molecule has 2 aliphatic rings. The highest BCUT2D eigenvalue weighted by Crippen LogP contribution is 2.53. The van der Waals surface area contributed by atoms with Gasteiger partial charge in [0.05, 0.1) is 39.6 Å². The van der Waals surface area contributed by atoms with Gasteiger partial charge in [-0.1, -0.05) is 0 Å². The third-order valence-corrected chi connectivity index (χ3v) is 5.52. The SMILES string of the molecule is COc1cc([C@H]2OC[C@H]3[C@@H]2CO[C@@H]3c2cc(O)c(O)c(OC)c2)cc(O)c1O. The zero-order valence-corrected chi connectivity index (χ0v) is 15.5. The van der Waals surface area contributed by atoms with E-state index in [9.17, 15) is 20.4 Å². The molecular formula is C20H22O8. The Kier molecular flexibility index (Phi) is 4.60. The Bertz CT molecular complexity index is 823. The molecule has 2 saturated heterocycles. The summed E-state index contributed by atoms with van der Waals surface area (Å²) in [4.78, 5) is 0. The molecule has 4 atom stereocenters. The summed E-state index contributed by atoms with van der Waals surface area (Å²) in [5.74, 6) is -0.797. The Morgan fingerprint density at radius 1 is 0.714 bits per heavy atom. The van der Waals surface area contributed by atoms with Crippen LogP contribution in [0.2, 0.25) is 0 Å². The summed E-state index contributed by atoms with van der Waals surface area (Å²) in [6.45, 7) is 0.849. The van der Waals surface area contributed by atoms with Crippen LogP contribution in [0.3, 0.4) is 0 Å². The van der Waals surface area contributed by atoms with Crippen LogP contribution in [0.5, 0.6) is 34.5 Å². The molecule has 0 aliphatic carbocycles. The summed E-state index contributed by atoms with van der Waals surface area (Å²) in [6.07, 6.45) is -0.661. The molecule has 0 amide bonds. The van der Waals surface area contributed by atoms with Crippen LogP contribution in [0.4, 0.5) is 0 Å². The van der Waals surface area contributed by atoms with Gasteiger partial charge in [0.25, 0.3) is 0 Å². The van der Waals surface area contributed by atoms with Gasteiger partial charge in [0.15, 0.2) is 23.0 Å². The van der Waals surface area contributed by atoms with Gasteiger partial charge in [-0.05, 0) is 35.4 Å². The highest BCUT2D eigenvalue weighted by Gasteiger charge is 2.48. The smallest absolute Gasteiger partial charge is 0.200 e. The number of benzene rings is 2. The van der Waals surface area contributed by atoms with Gasteiger partial charge >= 0.3 is 0 Å². The van der Waals surface area contributed by atoms with Crippen molar-refractivity contribution in [2.24, 2.45) is 11.8 Å². The lowest BCUT2D eigenvalue weighted by Gasteiger charge is -2.18. The first-order valence-corrected chi connectivity index (χ1v) is 8.87. The van der Waals surface area contributed by atoms with Crippen molar-refractivity contribution in [2.45, 2.75) is 12.2 Å². The van der Waals surface area contributed by atoms with E-state index in [0.29, 0.717) is 24.3 Å². The second-order valence-electron chi connectivity index (χ2n) is 7.02. The molecule has 0 saturated carbocycles. The van der Waals surface area contributed by atoms with Crippen LogP contribution < -0.4 is 9.47 Å². The fraction of sp³-hybridized carbons (Fsp3) is 0.400. The molecular weight excluding hydrogens is 368 g/mol. The number of aromatic hydroxyl groups is 4. The quantitative estimate of drug-likeness (QED) is 0.589. The van der Waals surface area contributed by atoms with Gasteiger partial charge < -0.3 is 39.4 Å². The average molecular weight is 390 g/mol. The lowest BCUT2D eigenvalue weighted by Crippen LogP contribution is -2.14. The van der Waals surface area contributed by atoms with E-state index in [0.717, 1.165) is 0 Å². The normalized spacial score (nSPS) is 26.2. The molecule has 0 spiro atoms. The monoisotopic (exact) mass is 390 g/mol. The average Bonchev–Trinajstić information content (AvgIpc) is 3.28. The van der Waals surface area contributed by atoms with Gasteiger partial charge in [-0.15, -0.1) is 0 Å². The van der Waals surface area contributed by atoms with Gasteiger partial charge in [-0.3, -0.25) is 0 Å². The van der Waals surface area contributed by atoms with E-state index in [1.807, 2.05) is 0 Å². The Morgan fingerprint density at radius 2 is 1.11 bits per heavy atom. The Hall–Kier alpha value is -2.84. The third-order valence-electron chi connectivity index (χ3n) is 5.52. The van der Waals surface area contributed by atoms with Crippen LogP contribution in [0.1, 0.15) is 23.3 Å². The molecule has 4 rings (SSSR count). The van der Waals surface area contributed by atoms with E-state index in [2.05, 4.69) is 0 Å². The Morgan fingerprint density at radius 3 is 1.46 bits per heavy atom. The molecule has 8 nitrogen and oxygen atoms in total. The second-order valence-corrected chi connectivity index (χ2v) is 7.02. The van der Waals surface area contributed by atoms with Crippen LogP contribution in [0.25, 0.3) is 0 Å². The van der Waals surface area contributed by atoms with Crippen molar-refractivity contribution in [3.63, 3.8) is 0 Å². The van der Waals surface area contributed by atoms with Crippen molar-refractivity contribution in [1.29, 1.82) is 0 Å². The molecule has 2 heterocycles. The summed E-state index contributed by atoms with van der Waals surface area (Å²) in [5.41, 5.74) is 1.38. The Balaban J connectivity index is 1.62. The zero-order chi connectivity index (χ0) is 20.0. The van der Waals surface area contributed by atoms with Gasteiger partial charge in [-0.2, -0.15) is 0 Å². The van der Waals surface area contributed by atoms with Crippen LogP contribution >= 0.6 is 0 Å². The maximum atomic E-state index is 9.97. The number of hydrogen-bond acceptors (Lipinski definition) is 8. The molecule has 0 bridgehead atoms. The minimum absolute atomic E-state index is 0.0144. The fourth-order valence-electron chi connectivity index (χ4n) is 4.10. The van der Waals surface area contributed by atoms with Gasteiger partial charge in [0.1, 0.15) is 0 Å².